The van der Waals surface area contributed by atoms with Gasteiger partial charge in [0.05, 0.1) is 16.7 Å². The molecule has 0 aliphatic heterocycles. The van der Waals surface area contributed by atoms with Crippen LogP contribution in [0.2, 0.25) is 0 Å². The van der Waals surface area contributed by atoms with Crippen LogP contribution in [-0.2, 0) is 0 Å². The summed E-state index contributed by atoms with van der Waals surface area (Å²) in [6, 6.07) is 77.1. The Bertz CT molecular complexity index is 2860. The summed E-state index contributed by atoms with van der Waals surface area (Å²) >= 11 is 0. The largest absolute Gasteiger partial charge is 0.310 e. The Morgan fingerprint density at radius 3 is 1.47 bits per heavy atom. The van der Waals surface area contributed by atoms with Gasteiger partial charge in [0.15, 0.2) is 0 Å². The van der Waals surface area contributed by atoms with Gasteiger partial charge in [-0.3, -0.25) is 0 Å². The Labute approximate surface area is 321 Å². The molecule has 9 aromatic carbocycles. The van der Waals surface area contributed by atoms with Crippen molar-refractivity contribution in [2.45, 2.75) is 6.92 Å². The summed E-state index contributed by atoms with van der Waals surface area (Å²) in [5.41, 5.74) is 15.3. The number of para-hydroxylation sites is 1. The molecule has 0 unspecified atom stereocenters. The van der Waals surface area contributed by atoms with E-state index in [1.54, 1.807) is 0 Å². The highest BCUT2D eigenvalue weighted by atomic mass is 15.1. The molecule has 1 aromatic heterocycles. The Morgan fingerprint density at radius 1 is 0.345 bits per heavy atom. The molecule has 0 atom stereocenters. The molecular formula is C53H38N2. The lowest BCUT2D eigenvalue weighted by molar-refractivity contribution is 1.19. The zero-order valence-corrected chi connectivity index (χ0v) is 30.6. The molecule has 0 radical (unpaired) electrons. The van der Waals surface area contributed by atoms with E-state index in [0.29, 0.717) is 0 Å². The minimum atomic E-state index is 1.09. The summed E-state index contributed by atoms with van der Waals surface area (Å²) < 4.78 is 2.50. The second-order valence-corrected chi connectivity index (χ2v) is 14.3. The molecule has 0 bridgehead atoms. The lowest BCUT2D eigenvalue weighted by Gasteiger charge is -2.26. The van der Waals surface area contributed by atoms with E-state index >= 15 is 0 Å². The average Bonchev–Trinajstić information content (AvgIpc) is 3.58. The second kappa shape index (κ2) is 13.7. The average molecular weight is 703 g/mol. The number of aromatic nitrogens is 1. The van der Waals surface area contributed by atoms with Crippen LogP contribution >= 0.6 is 0 Å². The first-order valence-electron chi connectivity index (χ1n) is 18.9. The monoisotopic (exact) mass is 702 g/mol. The van der Waals surface area contributed by atoms with Crippen LogP contribution < -0.4 is 4.90 Å². The molecule has 0 N–H and O–H groups in total. The van der Waals surface area contributed by atoms with Gasteiger partial charge in [-0.1, -0.05) is 175 Å². The third-order valence-corrected chi connectivity index (χ3v) is 10.9. The molecule has 0 spiro atoms. The zero-order valence-electron chi connectivity index (χ0n) is 30.6. The van der Waals surface area contributed by atoms with Crippen LogP contribution in [0.5, 0.6) is 0 Å². The smallest absolute Gasteiger partial charge is 0.0618 e. The van der Waals surface area contributed by atoms with Crippen LogP contribution in [0.4, 0.5) is 17.1 Å². The minimum absolute atomic E-state index is 1.09. The maximum atomic E-state index is 2.50. The van der Waals surface area contributed by atoms with Gasteiger partial charge in [0.2, 0.25) is 0 Å². The normalized spacial score (nSPS) is 11.4. The molecule has 0 amide bonds. The standard InChI is InChI=1S/C53H38N2/c1-37-20-22-43(23-21-37)48-34-28-42-16-8-9-17-47(42)53(48)55-51-19-11-10-18-49(51)50-35-33-46(36-52(50)55)54(44-29-24-40(25-30-44)38-12-4-2-5-13-38)45-31-26-41(27-32-45)39-14-6-3-7-15-39/h2-36H,1H3. The topological polar surface area (TPSA) is 8.17 Å². The Morgan fingerprint density at radius 2 is 0.836 bits per heavy atom. The summed E-state index contributed by atoms with van der Waals surface area (Å²) in [6.45, 7) is 2.15. The molecule has 0 saturated heterocycles. The summed E-state index contributed by atoms with van der Waals surface area (Å²) in [5, 5.41) is 4.89. The highest BCUT2D eigenvalue weighted by Crippen LogP contribution is 2.43. The Kier molecular flexibility index (Phi) is 8.08. The van der Waals surface area contributed by atoms with Crippen molar-refractivity contribution in [3.05, 3.63) is 218 Å². The number of benzene rings is 9. The third-order valence-electron chi connectivity index (χ3n) is 10.9. The van der Waals surface area contributed by atoms with Crippen LogP contribution in [0, 0.1) is 6.92 Å². The highest BCUT2D eigenvalue weighted by molar-refractivity contribution is 6.13. The van der Waals surface area contributed by atoms with Gasteiger partial charge in [0.1, 0.15) is 0 Å². The van der Waals surface area contributed by atoms with E-state index in [4.69, 9.17) is 0 Å². The van der Waals surface area contributed by atoms with E-state index in [-0.39, 0.29) is 0 Å². The number of rotatable bonds is 7. The molecule has 1 heterocycles. The predicted molar refractivity (Wildman–Crippen MR) is 234 cm³/mol. The lowest BCUT2D eigenvalue weighted by atomic mass is 9.97. The van der Waals surface area contributed by atoms with Crippen molar-refractivity contribution in [2.24, 2.45) is 0 Å². The van der Waals surface area contributed by atoms with Gasteiger partial charge in [-0.15, -0.1) is 0 Å². The molecule has 260 valence electrons. The highest BCUT2D eigenvalue weighted by Gasteiger charge is 2.21. The van der Waals surface area contributed by atoms with Crippen LogP contribution in [0.25, 0.3) is 71.6 Å². The number of anilines is 3. The Balaban J connectivity index is 1.21. The van der Waals surface area contributed by atoms with Gasteiger partial charge in [-0.05, 0) is 82.6 Å². The van der Waals surface area contributed by atoms with Gasteiger partial charge < -0.3 is 9.47 Å². The molecular weight excluding hydrogens is 665 g/mol. The van der Waals surface area contributed by atoms with E-state index in [1.807, 2.05) is 0 Å². The van der Waals surface area contributed by atoms with Gasteiger partial charge in [0.25, 0.3) is 0 Å². The van der Waals surface area contributed by atoms with Gasteiger partial charge in [-0.25, -0.2) is 0 Å². The molecule has 10 rings (SSSR count). The number of hydrogen-bond acceptors (Lipinski definition) is 1. The van der Waals surface area contributed by atoms with Crippen molar-refractivity contribution < 1.29 is 0 Å². The molecule has 2 heteroatoms. The van der Waals surface area contributed by atoms with Crippen LogP contribution in [0.3, 0.4) is 0 Å². The number of fused-ring (bicyclic) bond motifs is 4. The van der Waals surface area contributed by atoms with E-state index < -0.39 is 0 Å². The molecule has 0 aliphatic carbocycles. The van der Waals surface area contributed by atoms with Crippen molar-refractivity contribution in [3.8, 4) is 39.1 Å². The van der Waals surface area contributed by atoms with Crippen molar-refractivity contribution in [2.75, 3.05) is 4.90 Å². The van der Waals surface area contributed by atoms with E-state index in [9.17, 15) is 0 Å². The van der Waals surface area contributed by atoms with Crippen molar-refractivity contribution in [3.63, 3.8) is 0 Å². The first-order chi connectivity index (χ1) is 27.2. The molecule has 0 fully saturated rings. The van der Waals surface area contributed by atoms with E-state index in [2.05, 4.69) is 229 Å². The first kappa shape index (κ1) is 32.5. The van der Waals surface area contributed by atoms with Gasteiger partial charge >= 0.3 is 0 Å². The fourth-order valence-corrected chi connectivity index (χ4v) is 8.12. The number of nitrogens with zero attached hydrogens (tertiary/aromatic N) is 2. The van der Waals surface area contributed by atoms with Crippen LogP contribution in [0.15, 0.2) is 212 Å². The molecule has 0 aliphatic rings. The second-order valence-electron chi connectivity index (χ2n) is 14.3. The maximum Gasteiger partial charge on any atom is 0.0618 e. The van der Waals surface area contributed by atoms with Crippen LogP contribution in [-0.4, -0.2) is 4.57 Å². The summed E-state index contributed by atoms with van der Waals surface area (Å²) in [7, 11) is 0. The fourth-order valence-electron chi connectivity index (χ4n) is 8.12. The molecule has 2 nitrogen and oxygen atoms in total. The maximum absolute atomic E-state index is 2.50. The van der Waals surface area contributed by atoms with Crippen molar-refractivity contribution >= 4 is 49.6 Å². The summed E-state index contributed by atoms with van der Waals surface area (Å²) in [4.78, 5) is 2.38. The van der Waals surface area contributed by atoms with E-state index in [0.717, 1.165) is 22.6 Å². The van der Waals surface area contributed by atoms with Crippen molar-refractivity contribution in [1.82, 2.24) is 4.57 Å². The lowest BCUT2D eigenvalue weighted by Crippen LogP contribution is -2.10. The minimum Gasteiger partial charge on any atom is -0.310 e. The van der Waals surface area contributed by atoms with Crippen LogP contribution in [0.1, 0.15) is 5.56 Å². The first-order valence-corrected chi connectivity index (χ1v) is 18.9. The van der Waals surface area contributed by atoms with E-state index in [1.165, 1.54) is 71.7 Å². The summed E-state index contributed by atoms with van der Waals surface area (Å²) in [5.74, 6) is 0. The Hall–Kier alpha value is -7.16. The van der Waals surface area contributed by atoms with Gasteiger partial charge in [0, 0.05) is 38.8 Å². The number of aryl methyl sites for hydroxylation is 1. The SMILES string of the molecule is Cc1ccc(-c2ccc3ccccc3c2-n2c3ccccc3c3ccc(N(c4ccc(-c5ccccc5)cc4)c4ccc(-c5ccccc5)cc4)cc32)cc1. The quantitative estimate of drug-likeness (QED) is 0.160. The predicted octanol–water partition coefficient (Wildman–Crippen LogP) is 14.7. The fraction of sp³-hybridized carbons (Fsp3) is 0.0189. The zero-order chi connectivity index (χ0) is 36.7. The third kappa shape index (κ3) is 5.85. The van der Waals surface area contributed by atoms with Gasteiger partial charge in [-0.2, -0.15) is 0 Å². The molecule has 10 aromatic rings. The molecule has 0 saturated carbocycles. The number of hydrogen-bond donors (Lipinski definition) is 0. The summed E-state index contributed by atoms with van der Waals surface area (Å²) in [6.07, 6.45) is 0. The van der Waals surface area contributed by atoms with Crippen molar-refractivity contribution in [1.29, 1.82) is 0 Å². The molecule has 55 heavy (non-hydrogen) atoms.